The van der Waals surface area contributed by atoms with Crippen LogP contribution in [0.3, 0.4) is 0 Å². The van der Waals surface area contributed by atoms with Gasteiger partial charge in [0.2, 0.25) is 0 Å². The average Bonchev–Trinajstić information content (AvgIpc) is 3.00. The van der Waals surface area contributed by atoms with Crippen LogP contribution in [0.1, 0.15) is 17.0 Å². The van der Waals surface area contributed by atoms with E-state index in [1.807, 2.05) is 42.5 Å². The number of rotatable bonds is 5. The molecule has 1 heterocycles. The highest BCUT2D eigenvalue weighted by molar-refractivity contribution is 5.72. The first-order chi connectivity index (χ1) is 11.2. The van der Waals surface area contributed by atoms with Gasteiger partial charge in [-0.3, -0.25) is 9.69 Å². The Labute approximate surface area is 136 Å². The van der Waals surface area contributed by atoms with Gasteiger partial charge in [-0.2, -0.15) is 0 Å². The highest BCUT2D eigenvalue weighted by atomic mass is 16.5. The molecule has 2 atom stereocenters. The van der Waals surface area contributed by atoms with Crippen LogP contribution in [0.4, 0.5) is 0 Å². The van der Waals surface area contributed by atoms with Gasteiger partial charge in [0.1, 0.15) is 5.75 Å². The molecule has 3 rings (SSSR count). The minimum Gasteiger partial charge on any atom is -0.497 e. The third-order valence-corrected chi connectivity index (χ3v) is 4.48. The summed E-state index contributed by atoms with van der Waals surface area (Å²) in [5.74, 6) is -0.348. The number of carboxylic acid groups (broad SMARTS) is 1. The van der Waals surface area contributed by atoms with Gasteiger partial charge in [0, 0.05) is 25.6 Å². The van der Waals surface area contributed by atoms with E-state index in [0.29, 0.717) is 6.54 Å². The van der Waals surface area contributed by atoms with Crippen LogP contribution >= 0.6 is 0 Å². The largest absolute Gasteiger partial charge is 0.497 e. The highest BCUT2D eigenvalue weighted by Gasteiger charge is 2.38. The van der Waals surface area contributed by atoms with E-state index >= 15 is 0 Å². The number of methoxy groups -OCH3 is 1. The Hall–Kier alpha value is -2.33. The molecule has 2 aromatic carbocycles. The zero-order valence-electron chi connectivity index (χ0n) is 13.2. The molecule has 0 saturated carbocycles. The average molecular weight is 311 g/mol. The molecule has 1 aliphatic rings. The van der Waals surface area contributed by atoms with E-state index in [-0.39, 0.29) is 11.8 Å². The maximum atomic E-state index is 11.7. The summed E-state index contributed by atoms with van der Waals surface area (Å²) in [6, 6.07) is 17.9. The van der Waals surface area contributed by atoms with E-state index in [0.717, 1.165) is 24.4 Å². The van der Waals surface area contributed by atoms with Crippen molar-refractivity contribution >= 4 is 5.97 Å². The zero-order valence-corrected chi connectivity index (χ0v) is 13.2. The maximum absolute atomic E-state index is 11.7. The number of benzene rings is 2. The molecule has 1 N–H and O–H groups in total. The first kappa shape index (κ1) is 15.6. The molecule has 0 aromatic heterocycles. The Morgan fingerprint density at radius 2 is 1.96 bits per heavy atom. The molecule has 1 aliphatic heterocycles. The summed E-state index contributed by atoms with van der Waals surface area (Å²) >= 11 is 0. The molecular formula is C19H21NO3. The van der Waals surface area contributed by atoms with Crippen molar-refractivity contribution in [2.24, 2.45) is 5.92 Å². The topological polar surface area (TPSA) is 49.8 Å². The van der Waals surface area contributed by atoms with Gasteiger partial charge in [-0.1, -0.05) is 42.5 Å². The Bertz CT molecular complexity index is 671. The summed E-state index contributed by atoms with van der Waals surface area (Å²) in [5, 5.41) is 9.60. The lowest BCUT2D eigenvalue weighted by Crippen LogP contribution is -2.23. The zero-order chi connectivity index (χ0) is 16.2. The molecule has 2 aromatic rings. The smallest absolute Gasteiger partial charge is 0.308 e. The fourth-order valence-electron chi connectivity index (χ4n) is 3.32. The normalized spacial score (nSPS) is 21.3. The summed E-state index contributed by atoms with van der Waals surface area (Å²) < 4.78 is 5.27. The van der Waals surface area contributed by atoms with Gasteiger partial charge in [-0.15, -0.1) is 0 Å². The number of likely N-dealkylation sites (tertiary alicyclic amines) is 1. The fourth-order valence-corrected chi connectivity index (χ4v) is 3.32. The van der Waals surface area contributed by atoms with Crippen molar-refractivity contribution in [1.29, 1.82) is 0 Å². The molecule has 1 saturated heterocycles. The van der Waals surface area contributed by atoms with E-state index in [1.54, 1.807) is 7.11 Å². The number of hydrogen-bond donors (Lipinski definition) is 1. The summed E-state index contributed by atoms with van der Waals surface area (Å²) in [4.78, 5) is 13.9. The molecule has 0 unspecified atom stereocenters. The summed E-state index contributed by atoms with van der Waals surface area (Å²) in [6.45, 7) is 2.11. The van der Waals surface area contributed by atoms with Gasteiger partial charge in [-0.05, 0) is 23.3 Å². The van der Waals surface area contributed by atoms with E-state index < -0.39 is 5.97 Å². The van der Waals surface area contributed by atoms with Crippen LogP contribution in [0, 0.1) is 5.92 Å². The van der Waals surface area contributed by atoms with Crippen LogP contribution in [-0.4, -0.2) is 36.2 Å². The Balaban J connectivity index is 1.79. The third-order valence-electron chi connectivity index (χ3n) is 4.48. The van der Waals surface area contributed by atoms with Crippen LogP contribution in [0.15, 0.2) is 54.6 Å². The number of aliphatic carboxylic acids is 1. The summed E-state index contributed by atoms with van der Waals surface area (Å²) in [6.07, 6.45) is 0. The van der Waals surface area contributed by atoms with Crippen molar-refractivity contribution in [1.82, 2.24) is 4.90 Å². The lowest BCUT2D eigenvalue weighted by Gasteiger charge is -2.17. The van der Waals surface area contributed by atoms with Gasteiger partial charge in [0.25, 0.3) is 0 Å². The Kier molecular flexibility index (Phi) is 4.63. The van der Waals surface area contributed by atoms with Crippen LogP contribution in [-0.2, 0) is 11.3 Å². The van der Waals surface area contributed by atoms with Crippen molar-refractivity contribution in [3.05, 3.63) is 65.7 Å². The summed E-state index contributed by atoms with van der Waals surface area (Å²) in [5.41, 5.74) is 2.25. The molecule has 1 fully saturated rings. The molecule has 0 aliphatic carbocycles. The van der Waals surface area contributed by atoms with Crippen molar-refractivity contribution in [3.63, 3.8) is 0 Å². The molecule has 120 valence electrons. The van der Waals surface area contributed by atoms with E-state index in [1.165, 1.54) is 5.56 Å². The molecule has 4 heteroatoms. The van der Waals surface area contributed by atoms with Crippen molar-refractivity contribution in [3.8, 4) is 5.75 Å². The Morgan fingerprint density at radius 1 is 1.17 bits per heavy atom. The molecule has 0 amide bonds. The van der Waals surface area contributed by atoms with Gasteiger partial charge >= 0.3 is 5.97 Å². The number of carbonyl (C=O) groups is 1. The van der Waals surface area contributed by atoms with E-state index in [9.17, 15) is 9.90 Å². The first-order valence-corrected chi connectivity index (χ1v) is 7.80. The third kappa shape index (κ3) is 3.54. The highest BCUT2D eigenvalue weighted by Crippen LogP contribution is 2.35. The van der Waals surface area contributed by atoms with E-state index in [4.69, 9.17) is 4.74 Å². The second-order valence-corrected chi connectivity index (χ2v) is 6.01. The lowest BCUT2D eigenvalue weighted by molar-refractivity contribution is -0.141. The molecule has 0 bridgehead atoms. The van der Waals surface area contributed by atoms with Gasteiger partial charge < -0.3 is 9.84 Å². The number of ether oxygens (including phenoxy) is 1. The molecule has 0 spiro atoms. The second-order valence-electron chi connectivity index (χ2n) is 6.01. The van der Waals surface area contributed by atoms with Crippen LogP contribution in [0.25, 0.3) is 0 Å². The van der Waals surface area contributed by atoms with Crippen molar-refractivity contribution in [2.75, 3.05) is 20.2 Å². The lowest BCUT2D eigenvalue weighted by atomic mass is 9.89. The van der Waals surface area contributed by atoms with Crippen LogP contribution < -0.4 is 4.74 Å². The Morgan fingerprint density at radius 3 is 2.65 bits per heavy atom. The minimum atomic E-state index is -0.728. The quantitative estimate of drug-likeness (QED) is 0.922. The standard InChI is InChI=1S/C19H21NO3/c1-23-16-9-5-8-15(10-16)17-12-20(13-18(17)19(21)22)11-14-6-3-2-4-7-14/h2-10,17-18H,11-13H2,1H3,(H,21,22)/t17-,18+/m1/s1. The molecule has 4 nitrogen and oxygen atoms in total. The van der Waals surface area contributed by atoms with Gasteiger partial charge in [-0.25, -0.2) is 0 Å². The van der Waals surface area contributed by atoms with Crippen molar-refractivity contribution in [2.45, 2.75) is 12.5 Å². The number of carboxylic acids is 1. The predicted molar refractivity (Wildman–Crippen MR) is 88.6 cm³/mol. The second kappa shape index (κ2) is 6.84. The fraction of sp³-hybridized carbons (Fsp3) is 0.316. The molecule has 23 heavy (non-hydrogen) atoms. The van der Waals surface area contributed by atoms with Crippen molar-refractivity contribution < 1.29 is 14.6 Å². The first-order valence-electron chi connectivity index (χ1n) is 7.80. The summed E-state index contributed by atoms with van der Waals surface area (Å²) in [7, 11) is 1.63. The van der Waals surface area contributed by atoms with E-state index in [2.05, 4.69) is 17.0 Å². The SMILES string of the molecule is COc1cccc([C@H]2CN(Cc3ccccc3)C[C@@H]2C(=O)O)c1. The van der Waals surface area contributed by atoms with Crippen LogP contribution in [0.5, 0.6) is 5.75 Å². The molecular weight excluding hydrogens is 290 g/mol. The predicted octanol–water partition coefficient (Wildman–Crippen LogP) is 3.00. The number of nitrogens with zero attached hydrogens (tertiary/aromatic N) is 1. The monoisotopic (exact) mass is 311 g/mol. The maximum Gasteiger partial charge on any atom is 0.308 e. The molecule has 0 radical (unpaired) electrons. The van der Waals surface area contributed by atoms with Gasteiger partial charge in [0.15, 0.2) is 0 Å². The van der Waals surface area contributed by atoms with Gasteiger partial charge in [0.05, 0.1) is 13.0 Å². The van der Waals surface area contributed by atoms with Crippen LogP contribution in [0.2, 0.25) is 0 Å². The minimum absolute atomic E-state index is 0.00804. The number of hydrogen-bond acceptors (Lipinski definition) is 3.